The van der Waals surface area contributed by atoms with Crippen molar-refractivity contribution in [3.63, 3.8) is 0 Å². The monoisotopic (exact) mass is 331 g/mol. The Bertz CT molecular complexity index is 862. The van der Waals surface area contributed by atoms with Gasteiger partial charge in [-0.1, -0.05) is 68.3 Å². The van der Waals surface area contributed by atoms with Crippen molar-refractivity contribution < 1.29 is 4.74 Å². The summed E-state index contributed by atoms with van der Waals surface area (Å²) in [5.41, 5.74) is 3.20. The second-order valence-electron chi connectivity index (χ2n) is 6.33. The number of ether oxygens (including phenoxy) is 1. The van der Waals surface area contributed by atoms with Gasteiger partial charge in [0.15, 0.2) is 0 Å². The van der Waals surface area contributed by atoms with Gasteiger partial charge in [-0.15, -0.1) is 0 Å². The third kappa shape index (κ3) is 4.48. The maximum absolute atomic E-state index is 5.93. The molecule has 0 aliphatic heterocycles. The predicted molar refractivity (Wildman–Crippen MR) is 107 cm³/mol. The predicted octanol–water partition coefficient (Wildman–Crippen LogP) is 6.28. The number of rotatable bonds is 7. The zero-order chi connectivity index (χ0) is 17.5. The van der Waals surface area contributed by atoms with Crippen LogP contribution in [-0.4, -0.2) is 11.6 Å². The number of aromatic nitrogens is 1. The third-order valence-corrected chi connectivity index (χ3v) is 4.34. The molecule has 0 radical (unpaired) electrons. The summed E-state index contributed by atoms with van der Waals surface area (Å²) in [5.74, 6) is 0.934. The van der Waals surface area contributed by atoms with Gasteiger partial charge in [-0.3, -0.25) is 4.98 Å². The van der Waals surface area contributed by atoms with E-state index in [9.17, 15) is 0 Å². The molecular formula is C23H25NO. The van der Waals surface area contributed by atoms with Crippen LogP contribution >= 0.6 is 0 Å². The Morgan fingerprint density at radius 2 is 1.84 bits per heavy atom. The van der Waals surface area contributed by atoms with Crippen molar-refractivity contribution in [1.29, 1.82) is 0 Å². The Kier molecular flexibility index (Phi) is 5.84. The minimum Gasteiger partial charge on any atom is -0.493 e. The van der Waals surface area contributed by atoms with Crippen LogP contribution in [0, 0.1) is 6.92 Å². The highest BCUT2D eigenvalue weighted by Gasteiger charge is 2.02. The second kappa shape index (κ2) is 8.48. The molecule has 0 bridgehead atoms. The lowest BCUT2D eigenvalue weighted by Gasteiger charge is -2.09. The molecule has 0 spiro atoms. The molecule has 0 saturated heterocycles. The first-order valence-electron chi connectivity index (χ1n) is 9.03. The molecule has 3 aromatic rings. The molecule has 0 unspecified atom stereocenters. The topological polar surface area (TPSA) is 22.1 Å². The highest BCUT2D eigenvalue weighted by atomic mass is 16.5. The van der Waals surface area contributed by atoms with Crippen LogP contribution in [0.15, 0.2) is 54.7 Å². The molecule has 0 amide bonds. The molecule has 0 fully saturated rings. The summed E-state index contributed by atoms with van der Waals surface area (Å²) in [6.45, 7) is 5.01. The molecule has 25 heavy (non-hydrogen) atoms. The molecule has 128 valence electrons. The largest absolute Gasteiger partial charge is 0.493 e. The maximum atomic E-state index is 5.93. The number of fused-ring (bicyclic) bond motifs is 1. The normalized spacial score (nSPS) is 11.3. The van der Waals surface area contributed by atoms with E-state index in [1.807, 2.05) is 19.2 Å². The number of unbranched alkanes of at least 4 members (excludes halogenated alkanes) is 2. The molecule has 3 rings (SSSR count). The van der Waals surface area contributed by atoms with Gasteiger partial charge in [-0.2, -0.15) is 0 Å². The Morgan fingerprint density at radius 1 is 1.00 bits per heavy atom. The third-order valence-electron chi connectivity index (χ3n) is 4.34. The van der Waals surface area contributed by atoms with Gasteiger partial charge in [-0.05, 0) is 35.8 Å². The fraction of sp³-hybridized carbons (Fsp3) is 0.261. The van der Waals surface area contributed by atoms with Crippen LogP contribution < -0.4 is 4.74 Å². The van der Waals surface area contributed by atoms with E-state index in [-0.39, 0.29) is 0 Å². The summed E-state index contributed by atoms with van der Waals surface area (Å²) in [4.78, 5) is 4.51. The van der Waals surface area contributed by atoms with E-state index in [1.165, 1.54) is 29.2 Å². The van der Waals surface area contributed by atoms with Gasteiger partial charge in [0.25, 0.3) is 0 Å². The number of pyridine rings is 1. The summed E-state index contributed by atoms with van der Waals surface area (Å²) in [6, 6.07) is 16.8. The highest BCUT2D eigenvalue weighted by Crippen LogP contribution is 2.22. The summed E-state index contributed by atoms with van der Waals surface area (Å²) in [6.07, 6.45) is 9.58. The molecular weight excluding hydrogens is 306 g/mol. The number of hydrogen-bond donors (Lipinski definition) is 0. The quantitative estimate of drug-likeness (QED) is 0.475. The van der Waals surface area contributed by atoms with Gasteiger partial charge in [0, 0.05) is 17.8 Å². The van der Waals surface area contributed by atoms with Gasteiger partial charge in [0.2, 0.25) is 0 Å². The number of nitrogens with zero attached hydrogens (tertiary/aromatic N) is 1. The summed E-state index contributed by atoms with van der Waals surface area (Å²) >= 11 is 0. The number of aryl methyl sites for hydroxylation is 1. The molecule has 0 aliphatic rings. The molecule has 2 heteroatoms. The average Bonchev–Trinajstić information content (AvgIpc) is 2.65. The van der Waals surface area contributed by atoms with Crippen LogP contribution in [0.4, 0.5) is 0 Å². The second-order valence-corrected chi connectivity index (χ2v) is 6.33. The van der Waals surface area contributed by atoms with Gasteiger partial charge in [0.05, 0.1) is 12.3 Å². The van der Waals surface area contributed by atoms with Crippen LogP contribution in [-0.2, 0) is 0 Å². The van der Waals surface area contributed by atoms with Gasteiger partial charge >= 0.3 is 0 Å². The van der Waals surface area contributed by atoms with Crippen molar-refractivity contribution in [3.8, 4) is 5.75 Å². The SMILES string of the molecule is CCCCCOc1cc(C=Cc2cccc3ccccc23)ncc1C. The maximum Gasteiger partial charge on any atom is 0.125 e. The molecule has 2 aromatic carbocycles. The van der Waals surface area contributed by atoms with Crippen LogP contribution in [0.5, 0.6) is 5.75 Å². The van der Waals surface area contributed by atoms with E-state index in [0.29, 0.717) is 0 Å². The fourth-order valence-corrected chi connectivity index (χ4v) is 2.87. The Morgan fingerprint density at radius 3 is 2.72 bits per heavy atom. The van der Waals surface area contributed by atoms with Crippen LogP contribution in [0.25, 0.3) is 22.9 Å². The van der Waals surface area contributed by atoms with Crippen molar-refractivity contribution in [3.05, 3.63) is 71.5 Å². The Labute approximate surface area is 150 Å². The van der Waals surface area contributed by atoms with Crippen molar-refractivity contribution in [2.45, 2.75) is 33.1 Å². The standard InChI is InChI=1S/C23H25NO/c1-3-4-7-15-25-23-16-21(24-17-18(23)2)14-13-20-11-8-10-19-9-5-6-12-22(19)20/h5-6,8-14,16-17H,3-4,7,15H2,1-2H3. The highest BCUT2D eigenvalue weighted by molar-refractivity contribution is 5.92. The lowest BCUT2D eigenvalue weighted by molar-refractivity contribution is 0.304. The fourth-order valence-electron chi connectivity index (χ4n) is 2.87. The molecule has 2 nitrogen and oxygen atoms in total. The van der Waals surface area contributed by atoms with E-state index >= 15 is 0 Å². The summed E-state index contributed by atoms with van der Waals surface area (Å²) in [5, 5.41) is 2.51. The van der Waals surface area contributed by atoms with Gasteiger partial charge < -0.3 is 4.74 Å². The first-order valence-corrected chi connectivity index (χ1v) is 9.03. The summed E-state index contributed by atoms with van der Waals surface area (Å²) in [7, 11) is 0. The molecule has 1 aromatic heterocycles. The first kappa shape index (κ1) is 17.2. The Hall–Kier alpha value is -2.61. The minimum atomic E-state index is 0.769. The van der Waals surface area contributed by atoms with Crippen LogP contribution in [0.2, 0.25) is 0 Å². The molecule has 0 saturated carbocycles. The molecule has 0 atom stereocenters. The van der Waals surface area contributed by atoms with Crippen molar-refractivity contribution in [2.24, 2.45) is 0 Å². The lowest BCUT2D eigenvalue weighted by atomic mass is 10.0. The Balaban J connectivity index is 1.79. The smallest absolute Gasteiger partial charge is 0.125 e. The van der Waals surface area contributed by atoms with Gasteiger partial charge in [0.1, 0.15) is 5.75 Å². The van der Waals surface area contributed by atoms with E-state index in [1.54, 1.807) is 0 Å². The molecule has 0 N–H and O–H groups in total. The minimum absolute atomic E-state index is 0.769. The van der Waals surface area contributed by atoms with Gasteiger partial charge in [-0.25, -0.2) is 0 Å². The van der Waals surface area contributed by atoms with E-state index in [4.69, 9.17) is 4.74 Å². The number of hydrogen-bond acceptors (Lipinski definition) is 2. The van der Waals surface area contributed by atoms with Crippen molar-refractivity contribution in [2.75, 3.05) is 6.61 Å². The zero-order valence-corrected chi connectivity index (χ0v) is 15.0. The number of benzene rings is 2. The molecule has 0 aliphatic carbocycles. The van der Waals surface area contributed by atoms with E-state index in [0.717, 1.165) is 30.0 Å². The molecule has 1 heterocycles. The van der Waals surface area contributed by atoms with Crippen molar-refractivity contribution in [1.82, 2.24) is 4.98 Å². The van der Waals surface area contributed by atoms with Crippen molar-refractivity contribution >= 4 is 22.9 Å². The lowest BCUT2D eigenvalue weighted by Crippen LogP contribution is -1.99. The van der Waals surface area contributed by atoms with E-state index in [2.05, 4.69) is 66.5 Å². The van der Waals surface area contributed by atoms with E-state index < -0.39 is 0 Å². The van der Waals surface area contributed by atoms with Crippen LogP contribution in [0.3, 0.4) is 0 Å². The van der Waals surface area contributed by atoms with Crippen LogP contribution in [0.1, 0.15) is 43.0 Å². The summed E-state index contributed by atoms with van der Waals surface area (Å²) < 4.78 is 5.93. The average molecular weight is 331 g/mol. The zero-order valence-electron chi connectivity index (χ0n) is 15.0. The first-order chi connectivity index (χ1) is 12.3.